The van der Waals surface area contributed by atoms with Crippen LogP contribution in [0.4, 0.5) is 0 Å². The Morgan fingerprint density at radius 1 is 1.35 bits per heavy atom. The first-order valence-corrected chi connectivity index (χ1v) is 6.72. The van der Waals surface area contributed by atoms with Gasteiger partial charge in [0.1, 0.15) is 6.04 Å². The maximum atomic E-state index is 11.6. The van der Waals surface area contributed by atoms with Crippen LogP contribution in [0.25, 0.3) is 0 Å². The highest BCUT2D eigenvalue weighted by Gasteiger charge is 2.22. The molecule has 0 saturated carbocycles. The highest BCUT2D eigenvalue weighted by atomic mass is 35.5. The molecule has 0 spiro atoms. The lowest BCUT2D eigenvalue weighted by Crippen LogP contribution is -2.34. The minimum atomic E-state index is -0.844. The van der Waals surface area contributed by atoms with E-state index in [2.05, 4.69) is 0 Å². The van der Waals surface area contributed by atoms with Gasteiger partial charge in [-0.1, -0.05) is 23.2 Å². The van der Waals surface area contributed by atoms with Gasteiger partial charge in [0.15, 0.2) is 11.5 Å². The lowest BCUT2D eigenvalue weighted by Gasteiger charge is -2.17. The van der Waals surface area contributed by atoms with Crippen LogP contribution in [-0.2, 0) is 16.0 Å². The van der Waals surface area contributed by atoms with Gasteiger partial charge in [0, 0.05) is 17.5 Å². The van der Waals surface area contributed by atoms with Gasteiger partial charge in [-0.2, -0.15) is 0 Å². The van der Waals surface area contributed by atoms with E-state index in [1.807, 2.05) is 0 Å². The topological polar surface area (TPSA) is 70.8 Å². The summed E-state index contributed by atoms with van der Waals surface area (Å²) in [4.78, 5) is 11.6. The molecule has 0 aliphatic rings. The molecule has 20 heavy (non-hydrogen) atoms. The van der Waals surface area contributed by atoms with Crippen molar-refractivity contribution in [2.45, 2.75) is 19.4 Å². The fourth-order valence-corrected chi connectivity index (χ4v) is 2.37. The van der Waals surface area contributed by atoms with Crippen LogP contribution in [0, 0.1) is 0 Å². The van der Waals surface area contributed by atoms with Crippen LogP contribution < -0.4 is 15.2 Å². The quantitative estimate of drug-likeness (QED) is 0.815. The Morgan fingerprint density at radius 3 is 2.50 bits per heavy atom. The predicted molar refractivity (Wildman–Crippen MR) is 77.9 cm³/mol. The number of methoxy groups -OCH3 is 2. The average molecular weight is 322 g/mol. The van der Waals surface area contributed by atoms with E-state index >= 15 is 0 Å². The highest BCUT2D eigenvalue weighted by molar-refractivity contribution is 6.37. The molecule has 0 heterocycles. The molecule has 0 amide bonds. The normalized spacial score (nSPS) is 11.9. The second-order valence-electron chi connectivity index (χ2n) is 3.95. The second kappa shape index (κ2) is 7.57. The van der Waals surface area contributed by atoms with Crippen molar-refractivity contribution in [2.24, 2.45) is 5.73 Å². The molecular weight excluding hydrogens is 305 g/mol. The van der Waals surface area contributed by atoms with Crippen molar-refractivity contribution in [3.8, 4) is 11.5 Å². The monoisotopic (exact) mass is 321 g/mol. The van der Waals surface area contributed by atoms with E-state index in [-0.39, 0.29) is 18.1 Å². The first-order valence-electron chi connectivity index (χ1n) is 5.97. The minimum absolute atomic E-state index is 0.150. The summed E-state index contributed by atoms with van der Waals surface area (Å²) in [5.74, 6) is 0.259. The first-order chi connectivity index (χ1) is 9.46. The van der Waals surface area contributed by atoms with Crippen LogP contribution in [0.1, 0.15) is 12.5 Å². The van der Waals surface area contributed by atoms with Crippen molar-refractivity contribution in [1.29, 1.82) is 0 Å². The Labute approximate surface area is 127 Å². The maximum absolute atomic E-state index is 11.6. The Hall–Kier alpha value is -1.17. The molecule has 0 fully saturated rings. The maximum Gasteiger partial charge on any atom is 0.323 e. The van der Waals surface area contributed by atoms with Crippen molar-refractivity contribution in [2.75, 3.05) is 20.8 Å². The molecule has 1 aromatic carbocycles. The SMILES string of the molecule is CCOC(=O)C(N)Cc1c(Cl)cc(OC)c(OC)c1Cl. The summed E-state index contributed by atoms with van der Waals surface area (Å²) >= 11 is 12.4. The Balaban J connectivity index is 3.09. The average Bonchev–Trinajstić information content (AvgIpc) is 2.42. The Morgan fingerprint density at radius 2 is 2.00 bits per heavy atom. The zero-order valence-electron chi connectivity index (χ0n) is 11.5. The van der Waals surface area contributed by atoms with Crippen LogP contribution in [0.3, 0.4) is 0 Å². The molecule has 0 saturated heterocycles. The van der Waals surface area contributed by atoms with E-state index < -0.39 is 12.0 Å². The lowest BCUT2D eigenvalue weighted by atomic mass is 10.1. The number of esters is 1. The lowest BCUT2D eigenvalue weighted by molar-refractivity contribution is -0.144. The van der Waals surface area contributed by atoms with Crippen LogP contribution >= 0.6 is 23.2 Å². The third-order valence-corrected chi connectivity index (χ3v) is 3.41. The number of carbonyl (C=O) groups excluding carboxylic acids is 1. The Bertz CT molecular complexity index is 494. The minimum Gasteiger partial charge on any atom is -0.493 e. The van der Waals surface area contributed by atoms with Gasteiger partial charge in [-0.05, 0) is 12.5 Å². The van der Waals surface area contributed by atoms with Gasteiger partial charge in [-0.15, -0.1) is 0 Å². The van der Waals surface area contributed by atoms with Crippen LogP contribution in [0.5, 0.6) is 11.5 Å². The van der Waals surface area contributed by atoms with E-state index in [1.54, 1.807) is 13.0 Å². The number of hydrogen-bond acceptors (Lipinski definition) is 5. The van der Waals surface area contributed by atoms with Crippen molar-refractivity contribution in [1.82, 2.24) is 0 Å². The predicted octanol–water partition coefficient (Wildman–Crippen LogP) is 2.44. The number of hydrogen-bond donors (Lipinski definition) is 1. The molecule has 0 radical (unpaired) electrons. The van der Waals surface area contributed by atoms with Gasteiger partial charge in [0.2, 0.25) is 0 Å². The first kappa shape index (κ1) is 16.9. The largest absolute Gasteiger partial charge is 0.493 e. The summed E-state index contributed by atoms with van der Waals surface area (Å²) in [5.41, 5.74) is 6.29. The van der Waals surface area contributed by atoms with E-state index in [0.29, 0.717) is 22.1 Å². The molecule has 0 aliphatic heterocycles. The summed E-state index contributed by atoms with van der Waals surface area (Å²) in [6, 6.07) is 0.725. The molecule has 1 rings (SSSR count). The second-order valence-corrected chi connectivity index (χ2v) is 4.73. The number of nitrogens with two attached hydrogens (primary N) is 1. The summed E-state index contributed by atoms with van der Waals surface area (Å²) in [6.45, 7) is 1.97. The standard InChI is InChI=1S/C13H17Cl2NO4/c1-4-20-13(17)9(16)5-7-8(14)6-10(18-2)12(19-3)11(7)15/h6,9H,4-5,16H2,1-3H3. The van der Waals surface area contributed by atoms with Crippen molar-refractivity contribution in [3.05, 3.63) is 21.7 Å². The van der Waals surface area contributed by atoms with Crippen LogP contribution in [0.15, 0.2) is 6.07 Å². The van der Waals surface area contributed by atoms with Gasteiger partial charge in [0.25, 0.3) is 0 Å². The fourth-order valence-electron chi connectivity index (χ4n) is 1.70. The number of halogens is 2. The van der Waals surface area contributed by atoms with E-state index in [0.717, 1.165) is 0 Å². The number of carbonyl (C=O) groups is 1. The molecule has 2 N–H and O–H groups in total. The van der Waals surface area contributed by atoms with E-state index in [1.165, 1.54) is 14.2 Å². The molecule has 1 aromatic rings. The smallest absolute Gasteiger partial charge is 0.323 e. The number of ether oxygens (including phenoxy) is 3. The summed E-state index contributed by atoms with van der Waals surface area (Å²) in [6.07, 6.45) is 0.150. The van der Waals surface area contributed by atoms with Gasteiger partial charge < -0.3 is 19.9 Å². The van der Waals surface area contributed by atoms with Gasteiger partial charge in [-0.3, -0.25) is 4.79 Å². The van der Waals surface area contributed by atoms with Crippen LogP contribution in [-0.4, -0.2) is 32.8 Å². The molecular formula is C13H17Cl2NO4. The molecule has 5 nitrogen and oxygen atoms in total. The molecule has 1 atom stereocenters. The van der Waals surface area contributed by atoms with Gasteiger partial charge in [-0.25, -0.2) is 0 Å². The van der Waals surface area contributed by atoms with Gasteiger partial charge >= 0.3 is 5.97 Å². The molecule has 1 unspecified atom stereocenters. The highest BCUT2D eigenvalue weighted by Crippen LogP contribution is 2.41. The Kier molecular flexibility index (Phi) is 6.39. The molecule has 0 aliphatic carbocycles. The third kappa shape index (κ3) is 3.69. The van der Waals surface area contributed by atoms with Crippen LogP contribution in [0.2, 0.25) is 10.0 Å². The molecule has 112 valence electrons. The zero-order chi connectivity index (χ0) is 15.3. The fraction of sp³-hybridized carbons (Fsp3) is 0.462. The summed E-state index contributed by atoms with van der Waals surface area (Å²) in [5, 5.41) is 0.629. The van der Waals surface area contributed by atoms with Gasteiger partial charge in [0.05, 0.1) is 25.8 Å². The van der Waals surface area contributed by atoms with Crippen molar-refractivity contribution in [3.63, 3.8) is 0 Å². The van der Waals surface area contributed by atoms with E-state index in [9.17, 15) is 4.79 Å². The van der Waals surface area contributed by atoms with Crippen molar-refractivity contribution >= 4 is 29.2 Å². The summed E-state index contributed by atoms with van der Waals surface area (Å²) < 4.78 is 15.2. The zero-order valence-corrected chi connectivity index (χ0v) is 13.0. The van der Waals surface area contributed by atoms with Crippen molar-refractivity contribution < 1.29 is 19.0 Å². The number of benzene rings is 1. The number of rotatable bonds is 6. The molecule has 0 bridgehead atoms. The third-order valence-electron chi connectivity index (χ3n) is 2.67. The van der Waals surface area contributed by atoms with E-state index in [4.69, 9.17) is 43.1 Å². The summed E-state index contributed by atoms with van der Waals surface area (Å²) in [7, 11) is 2.95. The molecule has 0 aromatic heterocycles. The molecule has 7 heteroatoms.